The summed E-state index contributed by atoms with van der Waals surface area (Å²) in [6.45, 7) is 1.81. The molecule has 2 amide bonds. The summed E-state index contributed by atoms with van der Waals surface area (Å²) in [5.74, 6) is -1.19. The molecule has 156 valence electrons. The molecule has 0 bridgehead atoms. The molecule has 1 saturated heterocycles. The van der Waals surface area contributed by atoms with Gasteiger partial charge in [-0.3, -0.25) is 0 Å². The highest BCUT2D eigenvalue weighted by atomic mass is 35.5. The van der Waals surface area contributed by atoms with Gasteiger partial charge in [-0.05, 0) is 29.8 Å². The van der Waals surface area contributed by atoms with E-state index in [1.165, 1.54) is 19.2 Å². The van der Waals surface area contributed by atoms with Gasteiger partial charge in [-0.25, -0.2) is 14.0 Å². The lowest BCUT2D eigenvalue weighted by Gasteiger charge is -2.36. The van der Waals surface area contributed by atoms with Crippen LogP contribution in [0.1, 0.15) is 27.5 Å². The molecule has 0 saturated carbocycles. The fourth-order valence-corrected chi connectivity index (χ4v) is 3.37. The molecule has 1 atom stereocenters. The van der Waals surface area contributed by atoms with E-state index in [0.29, 0.717) is 24.7 Å². The number of urea groups is 1. The monoisotopic (exact) mass is 441 g/mol. The number of carbonyl (C=O) groups excluding carboxylic acids is 2. The van der Waals surface area contributed by atoms with Crippen LogP contribution in [-0.4, -0.2) is 43.6 Å². The van der Waals surface area contributed by atoms with Crippen molar-refractivity contribution in [3.8, 4) is 0 Å². The average molecular weight is 442 g/mol. The van der Waals surface area contributed by atoms with Gasteiger partial charge in [0.2, 0.25) is 0 Å². The molecular weight excluding hydrogens is 420 g/mol. The summed E-state index contributed by atoms with van der Waals surface area (Å²) in [7, 11) is 1.23. The van der Waals surface area contributed by atoms with Gasteiger partial charge in [0.05, 0.1) is 18.7 Å². The van der Waals surface area contributed by atoms with Gasteiger partial charge in [0.15, 0.2) is 0 Å². The quantitative estimate of drug-likeness (QED) is 0.711. The van der Waals surface area contributed by atoms with E-state index in [4.69, 9.17) is 11.6 Å². The maximum atomic E-state index is 14.2. The molecule has 6 nitrogen and oxygen atoms in total. The Morgan fingerprint density at radius 3 is 2.79 bits per heavy atom. The van der Waals surface area contributed by atoms with Crippen LogP contribution in [0.15, 0.2) is 42.5 Å². The van der Waals surface area contributed by atoms with E-state index in [1.54, 1.807) is 11.0 Å². The second kappa shape index (κ2) is 10.4. The van der Waals surface area contributed by atoms with Crippen LogP contribution in [0.4, 0.5) is 9.18 Å². The molecule has 3 rings (SSSR count). The van der Waals surface area contributed by atoms with Gasteiger partial charge in [-0.1, -0.05) is 29.8 Å². The van der Waals surface area contributed by atoms with Crippen LogP contribution in [0.5, 0.6) is 0 Å². The first kappa shape index (κ1) is 22.9. The van der Waals surface area contributed by atoms with Crippen molar-refractivity contribution < 1.29 is 18.7 Å². The van der Waals surface area contributed by atoms with Crippen molar-refractivity contribution in [3.05, 3.63) is 70.0 Å². The third-order valence-corrected chi connectivity index (χ3v) is 4.88. The van der Waals surface area contributed by atoms with Gasteiger partial charge < -0.3 is 20.3 Å². The van der Waals surface area contributed by atoms with Crippen molar-refractivity contribution in [1.82, 2.24) is 15.5 Å². The number of carbonyl (C=O) groups is 2. The molecule has 0 aliphatic carbocycles. The van der Waals surface area contributed by atoms with Crippen molar-refractivity contribution in [2.24, 2.45) is 0 Å². The zero-order valence-corrected chi connectivity index (χ0v) is 17.4. The number of hydrogen-bond acceptors (Lipinski definition) is 4. The van der Waals surface area contributed by atoms with E-state index >= 15 is 0 Å². The number of esters is 1. The van der Waals surface area contributed by atoms with Crippen molar-refractivity contribution in [3.63, 3.8) is 0 Å². The number of rotatable bonds is 4. The van der Waals surface area contributed by atoms with Gasteiger partial charge in [0.25, 0.3) is 0 Å². The molecule has 2 aromatic rings. The molecule has 0 spiro atoms. The Morgan fingerprint density at radius 2 is 2.10 bits per heavy atom. The first-order valence-corrected chi connectivity index (χ1v) is 9.25. The van der Waals surface area contributed by atoms with Gasteiger partial charge in [0.1, 0.15) is 5.82 Å². The van der Waals surface area contributed by atoms with Crippen molar-refractivity contribution in [2.75, 3.05) is 26.7 Å². The Kier molecular flexibility index (Phi) is 8.25. The lowest BCUT2D eigenvalue weighted by molar-refractivity contribution is 0.0600. The van der Waals surface area contributed by atoms with Crippen LogP contribution in [0.3, 0.4) is 0 Å². The first-order valence-electron chi connectivity index (χ1n) is 8.87. The molecule has 0 aromatic heterocycles. The molecule has 29 heavy (non-hydrogen) atoms. The fourth-order valence-electron chi connectivity index (χ4n) is 3.17. The number of nitrogens with one attached hydrogen (secondary N) is 2. The minimum atomic E-state index is -0.611. The highest BCUT2D eigenvalue weighted by Crippen LogP contribution is 2.24. The number of benzene rings is 2. The average Bonchev–Trinajstić information content (AvgIpc) is 2.72. The van der Waals surface area contributed by atoms with Crippen molar-refractivity contribution in [2.45, 2.75) is 12.6 Å². The second-order valence-electron chi connectivity index (χ2n) is 6.42. The SMILES string of the molecule is COC(=O)c1ccc(CNC(=O)N2CCNCC2c2cccc(Cl)c2)c(F)c1.Cl. The normalized spacial score (nSPS) is 16.0. The number of hydrogen-bond donors (Lipinski definition) is 2. The lowest BCUT2D eigenvalue weighted by Crippen LogP contribution is -2.51. The Bertz CT molecular complexity index is 882. The first-order chi connectivity index (χ1) is 13.5. The molecule has 2 N–H and O–H groups in total. The van der Waals surface area contributed by atoms with Gasteiger partial charge in [0, 0.05) is 36.8 Å². The predicted molar refractivity (Wildman–Crippen MR) is 111 cm³/mol. The molecular formula is C20H22Cl2FN3O3. The van der Waals surface area contributed by atoms with E-state index < -0.39 is 11.8 Å². The maximum Gasteiger partial charge on any atom is 0.337 e. The molecule has 1 aliphatic rings. The van der Waals surface area contributed by atoms with E-state index in [1.807, 2.05) is 18.2 Å². The van der Waals surface area contributed by atoms with E-state index in [-0.39, 0.29) is 42.2 Å². The van der Waals surface area contributed by atoms with Crippen LogP contribution >= 0.6 is 24.0 Å². The highest BCUT2D eigenvalue weighted by Gasteiger charge is 2.28. The Balaban J connectivity index is 0.00000300. The topological polar surface area (TPSA) is 70.7 Å². The fraction of sp³-hybridized carbons (Fsp3) is 0.300. The minimum absolute atomic E-state index is 0. The molecule has 9 heteroatoms. The Labute approximate surface area is 179 Å². The lowest BCUT2D eigenvalue weighted by atomic mass is 10.0. The second-order valence-corrected chi connectivity index (χ2v) is 6.86. The summed E-state index contributed by atoms with van der Waals surface area (Å²) >= 11 is 6.08. The summed E-state index contributed by atoms with van der Waals surface area (Å²) in [6.07, 6.45) is 0. The largest absolute Gasteiger partial charge is 0.465 e. The molecule has 2 aromatic carbocycles. The Morgan fingerprint density at radius 1 is 1.31 bits per heavy atom. The van der Waals surface area contributed by atoms with Crippen molar-refractivity contribution in [1.29, 1.82) is 0 Å². The number of halogens is 3. The summed E-state index contributed by atoms with van der Waals surface area (Å²) in [5.41, 5.74) is 1.34. The van der Waals surface area contributed by atoms with Crippen LogP contribution < -0.4 is 10.6 Å². The van der Waals surface area contributed by atoms with Crippen LogP contribution in [0, 0.1) is 5.82 Å². The Hall–Kier alpha value is -2.35. The minimum Gasteiger partial charge on any atom is -0.465 e. The van der Waals surface area contributed by atoms with Gasteiger partial charge >= 0.3 is 12.0 Å². The number of amides is 2. The van der Waals surface area contributed by atoms with Crippen molar-refractivity contribution >= 4 is 36.0 Å². The smallest absolute Gasteiger partial charge is 0.337 e. The number of methoxy groups -OCH3 is 1. The molecule has 1 heterocycles. The molecule has 0 radical (unpaired) electrons. The molecule has 1 fully saturated rings. The summed E-state index contributed by atoms with van der Waals surface area (Å²) in [4.78, 5) is 25.9. The third-order valence-electron chi connectivity index (χ3n) is 4.64. The zero-order chi connectivity index (χ0) is 20.1. The summed E-state index contributed by atoms with van der Waals surface area (Å²) in [5, 5.41) is 6.64. The number of nitrogens with zero attached hydrogens (tertiary/aromatic N) is 1. The number of piperazine rings is 1. The van der Waals surface area contributed by atoms with Crippen LogP contribution in [0.25, 0.3) is 0 Å². The van der Waals surface area contributed by atoms with Crippen LogP contribution in [-0.2, 0) is 11.3 Å². The van der Waals surface area contributed by atoms with E-state index in [0.717, 1.165) is 11.6 Å². The van der Waals surface area contributed by atoms with Gasteiger partial charge in [-0.15, -0.1) is 12.4 Å². The van der Waals surface area contributed by atoms with E-state index in [9.17, 15) is 14.0 Å². The maximum absolute atomic E-state index is 14.2. The highest BCUT2D eigenvalue weighted by molar-refractivity contribution is 6.30. The van der Waals surface area contributed by atoms with E-state index in [2.05, 4.69) is 15.4 Å². The van der Waals surface area contributed by atoms with Gasteiger partial charge in [-0.2, -0.15) is 0 Å². The summed E-state index contributed by atoms with van der Waals surface area (Å²) < 4.78 is 18.8. The third kappa shape index (κ3) is 5.59. The standard InChI is InChI=1S/C20H21ClFN3O3.ClH/c1-28-19(26)14-5-6-15(17(22)10-14)11-24-20(27)25-8-7-23-12-18(25)13-3-2-4-16(21)9-13;/h2-6,9-10,18,23H,7-8,11-12H2,1H3,(H,24,27);1H. The predicted octanol–water partition coefficient (Wildman–Crippen LogP) is 3.54. The molecule has 1 aliphatic heterocycles. The molecule has 1 unspecified atom stereocenters. The zero-order valence-electron chi connectivity index (χ0n) is 15.8. The number of ether oxygens (including phenoxy) is 1. The summed E-state index contributed by atoms with van der Waals surface area (Å²) in [6, 6.07) is 11.0. The van der Waals surface area contributed by atoms with Crippen LogP contribution in [0.2, 0.25) is 5.02 Å².